The molecule has 78 valence electrons. The SMILES string of the molecule is O=C1CC/C(=C(/Cl)c2ccc(Cl)cc2)N1. The number of benzene rings is 1. The van der Waals surface area contributed by atoms with E-state index in [4.69, 9.17) is 23.2 Å². The number of carbonyl (C=O) groups is 1. The summed E-state index contributed by atoms with van der Waals surface area (Å²) in [4.78, 5) is 11.0. The van der Waals surface area contributed by atoms with Gasteiger partial charge in [-0.2, -0.15) is 0 Å². The van der Waals surface area contributed by atoms with Crippen LogP contribution >= 0.6 is 23.2 Å². The Kier molecular flexibility index (Phi) is 2.98. The fraction of sp³-hybridized carbons (Fsp3) is 0.182. The Balaban J connectivity index is 2.31. The molecule has 2 rings (SSSR count). The average Bonchev–Trinajstić information content (AvgIpc) is 2.65. The highest BCUT2D eigenvalue weighted by molar-refractivity contribution is 6.49. The maximum Gasteiger partial charge on any atom is 0.224 e. The van der Waals surface area contributed by atoms with Crippen molar-refractivity contribution >= 4 is 34.1 Å². The maximum absolute atomic E-state index is 11.0. The highest BCUT2D eigenvalue weighted by Crippen LogP contribution is 2.27. The predicted octanol–water partition coefficient (Wildman–Crippen LogP) is 3.16. The van der Waals surface area contributed by atoms with Crippen molar-refractivity contribution in [3.63, 3.8) is 0 Å². The third-order valence-electron chi connectivity index (χ3n) is 2.25. The molecule has 1 aromatic rings. The second-order valence-electron chi connectivity index (χ2n) is 3.35. The van der Waals surface area contributed by atoms with Crippen molar-refractivity contribution in [2.75, 3.05) is 0 Å². The molecule has 0 atom stereocenters. The molecule has 4 heteroatoms. The van der Waals surface area contributed by atoms with Crippen LogP contribution in [0.4, 0.5) is 0 Å². The number of carbonyl (C=O) groups excluding carboxylic acids is 1. The Morgan fingerprint density at radius 3 is 2.40 bits per heavy atom. The van der Waals surface area contributed by atoms with Gasteiger partial charge in [0.1, 0.15) is 0 Å². The van der Waals surface area contributed by atoms with Crippen LogP contribution in [0.2, 0.25) is 5.02 Å². The zero-order chi connectivity index (χ0) is 10.8. The van der Waals surface area contributed by atoms with E-state index in [2.05, 4.69) is 5.32 Å². The molecule has 1 fully saturated rings. The quantitative estimate of drug-likeness (QED) is 0.805. The molecule has 1 aliphatic heterocycles. The van der Waals surface area contributed by atoms with Gasteiger partial charge >= 0.3 is 0 Å². The Labute approximate surface area is 97.9 Å². The molecule has 1 amide bonds. The van der Waals surface area contributed by atoms with Gasteiger partial charge in [-0.15, -0.1) is 0 Å². The van der Waals surface area contributed by atoms with E-state index in [1.165, 1.54) is 0 Å². The maximum atomic E-state index is 11.0. The monoisotopic (exact) mass is 241 g/mol. The van der Waals surface area contributed by atoms with Crippen LogP contribution in [0.25, 0.3) is 5.03 Å². The number of hydrogen-bond donors (Lipinski definition) is 1. The molecule has 0 radical (unpaired) electrons. The molecule has 0 saturated carbocycles. The minimum atomic E-state index is 0.0251. The van der Waals surface area contributed by atoms with Crippen LogP contribution in [0.1, 0.15) is 18.4 Å². The largest absolute Gasteiger partial charge is 0.328 e. The first kappa shape index (κ1) is 10.5. The van der Waals surface area contributed by atoms with Gasteiger partial charge in [-0.05, 0) is 24.1 Å². The van der Waals surface area contributed by atoms with E-state index in [1.807, 2.05) is 12.1 Å². The van der Waals surface area contributed by atoms with E-state index in [9.17, 15) is 4.79 Å². The van der Waals surface area contributed by atoms with E-state index in [0.717, 1.165) is 11.3 Å². The Morgan fingerprint density at radius 1 is 1.20 bits per heavy atom. The molecule has 0 spiro atoms. The third-order valence-corrected chi connectivity index (χ3v) is 2.95. The van der Waals surface area contributed by atoms with E-state index < -0.39 is 0 Å². The number of rotatable bonds is 1. The van der Waals surface area contributed by atoms with Crippen LogP contribution in [-0.4, -0.2) is 5.91 Å². The summed E-state index contributed by atoms with van der Waals surface area (Å²) in [7, 11) is 0. The number of halogens is 2. The standard InChI is InChI=1S/C11H9Cl2NO/c12-8-3-1-7(2-4-8)11(13)9-5-6-10(15)14-9/h1-4H,5-6H2,(H,14,15)/b11-9-. The molecule has 0 aromatic heterocycles. The van der Waals surface area contributed by atoms with E-state index in [0.29, 0.717) is 22.9 Å². The summed E-state index contributed by atoms with van der Waals surface area (Å²) in [5, 5.41) is 4.01. The second-order valence-corrected chi connectivity index (χ2v) is 4.16. The van der Waals surface area contributed by atoms with Crippen LogP contribution in [0.15, 0.2) is 30.0 Å². The lowest BCUT2D eigenvalue weighted by Crippen LogP contribution is -2.12. The van der Waals surface area contributed by atoms with Crippen LogP contribution in [-0.2, 0) is 4.79 Å². The summed E-state index contributed by atoms with van der Waals surface area (Å²) >= 11 is 11.9. The Morgan fingerprint density at radius 2 is 1.87 bits per heavy atom. The van der Waals surface area contributed by atoms with Gasteiger partial charge in [-0.1, -0.05) is 35.3 Å². The van der Waals surface area contributed by atoms with Crippen molar-refractivity contribution < 1.29 is 4.79 Å². The number of amides is 1. The second kappa shape index (κ2) is 4.25. The van der Waals surface area contributed by atoms with Gasteiger partial charge in [0.2, 0.25) is 5.91 Å². The topological polar surface area (TPSA) is 29.1 Å². The van der Waals surface area contributed by atoms with Gasteiger partial charge in [0.25, 0.3) is 0 Å². The van der Waals surface area contributed by atoms with Crippen LogP contribution in [0.3, 0.4) is 0 Å². The van der Waals surface area contributed by atoms with Crippen molar-refractivity contribution in [2.24, 2.45) is 0 Å². The number of allylic oxidation sites excluding steroid dienone is 1. The average molecular weight is 242 g/mol. The van der Waals surface area contributed by atoms with Crippen molar-refractivity contribution in [1.29, 1.82) is 0 Å². The minimum Gasteiger partial charge on any atom is -0.328 e. The number of nitrogens with one attached hydrogen (secondary N) is 1. The van der Waals surface area contributed by atoms with Gasteiger partial charge < -0.3 is 5.32 Å². The third kappa shape index (κ3) is 2.33. The molecular weight excluding hydrogens is 233 g/mol. The summed E-state index contributed by atoms with van der Waals surface area (Å²) in [6.45, 7) is 0. The molecular formula is C11H9Cl2NO. The first-order valence-corrected chi connectivity index (χ1v) is 5.37. The van der Waals surface area contributed by atoms with Crippen molar-refractivity contribution in [1.82, 2.24) is 5.32 Å². The molecule has 1 aliphatic rings. The normalized spacial score (nSPS) is 18.9. The predicted molar refractivity (Wildman–Crippen MR) is 61.6 cm³/mol. The van der Waals surface area contributed by atoms with Gasteiger partial charge in [0.15, 0.2) is 0 Å². The fourth-order valence-electron chi connectivity index (χ4n) is 1.47. The van der Waals surface area contributed by atoms with Crippen LogP contribution in [0, 0.1) is 0 Å². The molecule has 1 heterocycles. The fourth-order valence-corrected chi connectivity index (χ4v) is 1.86. The lowest BCUT2D eigenvalue weighted by atomic mass is 10.1. The van der Waals surface area contributed by atoms with Gasteiger partial charge in [0, 0.05) is 17.1 Å². The van der Waals surface area contributed by atoms with Crippen molar-refractivity contribution in [2.45, 2.75) is 12.8 Å². The molecule has 1 N–H and O–H groups in total. The molecule has 2 nitrogen and oxygen atoms in total. The van der Waals surface area contributed by atoms with Crippen LogP contribution in [0.5, 0.6) is 0 Å². The van der Waals surface area contributed by atoms with E-state index >= 15 is 0 Å². The molecule has 0 aliphatic carbocycles. The molecule has 1 aromatic carbocycles. The van der Waals surface area contributed by atoms with Crippen LogP contribution < -0.4 is 5.32 Å². The minimum absolute atomic E-state index is 0.0251. The van der Waals surface area contributed by atoms with E-state index in [-0.39, 0.29) is 5.91 Å². The number of hydrogen-bond acceptors (Lipinski definition) is 1. The van der Waals surface area contributed by atoms with Crippen molar-refractivity contribution in [3.05, 3.63) is 40.5 Å². The summed E-state index contributed by atoms with van der Waals surface area (Å²) in [5.41, 5.74) is 1.67. The zero-order valence-corrected chi connectivity index (χ0v) is 9.40. The highest BCUT2D eigenvalue weighted by Gasteiger charge is 2.18. The first-order valence-electron chi connectivity index (χ1n) is 4.61. The Hall–Kier alpha value is -0.990. The smallest absolute Gasteiger partial charge is 0.224 e. The first-order chi connectivity index (χ1) is 7.16. The zero-order valence-electron chi connectivity index (χ0n) is 7.89. The molecule has 0 bridgehead atoms. The summed E-state index contributed by atoms with van der Waals surface area (Å²) in [6, 6.07) is 7.22. The molecule has 1 saturated heterocycles. The summed E-state index contributed by atoms with van der Waals surface area (Å²) < 4.78 is 0. The Bertz CT molecular complexity index is 423. The van der Waals surface area contributed by atoms with Crippen molar-refractivity contribution in [3.8, 4) is 0 Å². The van der Waals surface area contributed by atoms with Gasteiger partial charge in [-0.25, -0.2) is 0 Å². The van der Waals surface area contributed by atoms with Gasteiger partial charge in [0.05, 0.1) is 5.03 Å². The van der Waals surface area contributed by atoms with E-state index in [1.54, 1.807) is 12.1 Å². The lowest BCUT2D eigenvalue weighted by Gasteiger charge is -2.04. The molecule has 0 unspecified atom stereocenters. The summed E-state index contributed by atoms with van der Waals surface area (Å²) in [5.74, 6) is 0.0251. The highest BCUT2D eigenvalue weighted by atomic mass is 35.5. The van der Waals surface area contributed by atoms with Gasteiger partial charge in [-0.3, -0.25) is 4.79 Å². The molecule has 15 heavy (non-hydrogen) atoms. The lowest BCUT2D eigenvalue weighted by molar-refractivity contribution is -0.118. The summed E-state index contributed by atoms with van der Waals surface area (Å²) in [6.07, 6.45) is 1.19.